The van der Waals surface area contributed by atoms with Crippen molar-refractivity contribution in [3.63, 3.8) is 0 Å². The Labute approximate surface area is 146 Å². The molecule has 0 bridgehead atoms. The maximum Gasteiger partial charge on any atom is 0.340 e. The van der Waals surface area contributed by atoms with Crippen LogP contribution in [0.5, 0.6) is 0 Å². The molecule has 3 atom stereocenters. The van der Waals surface area contributed by atoms with Crippen molar-refractivity contribution in [2.75, 3.05) is 19.8 Å². The monoisotopic (exact) mass is 362 g/mol. The number of aliphatic hydroxyl groups excluding tert-OH is 1. The zero-order valence-corrected chi connectivity index (χ0v) is 15.2. The molecule has 0 saturated carbocycles. The van der Waals surface area contributed by atoms with Crippen molar-refractivity contribution in [2.24, 2.45) is 5.41 Å². The minimum atomic E-state index is -3.00. The molecule has 0 saturated heterocycles. The summed E-state index contributed by atoms with van der Waals surface area (Å²) in [6, 6.07) is 0. The second kappa shape index (κ2) is 9.47. The third-order valence-corrected chi connectivity index (χ3v) is 3.75. The summed E-state index contributed by atoms with van der Waals surface area (Å²) >= 11 is 0. The number of hydrogen-bond donors (Lipinski definition) is 2. The highest BCUT2D eigenvalue weighted by Crippen LogP contribution is 2.42. The lowest BCUT2D eigenvalue weighted by Crippen LogP contribution is -2.68. The van der Waals surface area contributed by atoms with E-state index in [0.29, 0.717) is 0 Å². The van der Waals surface area contributed by atoms with E-state index in [0.717, 1.165) is 13.8 Å². The van der Waals surface area contributed by atoms with Gasteiger partial charge in [0, 0.05) is 0 Å². The van der Waals surface area contributed by atoms with Crippen molar-refractivity contribution in [3.8, 4) is 0 Å². The van der Waals surface area contributed by atoms with E-state index in [9.17, 15) is 29.4 Å². The lowest BCUT2D eigenvalue weighted by molar-refractivity contribution is -0.211. The first kappa shape index (κ1) is 23.0. The fourth-order valence-electron chi connectivity index (χ4n) is 2.70. The van der Waals surface area contributed by atoms with E-state index in [4.69, 9.17) is 14.2 Å². The minimum Gasteiger partial charge on any atom is -0.466 e. The highest BCUT2D eigenvalue weighted by molar-refractivity contribution is 6.10. The maximum atomic E-state index is 12.5. The van der Waals surface area contributed by atoms with Gasteiger partial charge < -0.3 is 24.4 Å². The predicted octanol–water partition coefficient (Wildman–Crippen LogP) is -0.247. The number of hydrogen-bond acceptors (Lipinski definition) is 9. The van der Waals surface area contributed by atoms with Gasteiger partial charge in [0.15, 0.2) is 16.8 Å². The zero-order chi connectivity index (χ0) is 19.8. The largest absolute Gasteiger partial charge is 0.466 e. The summed E-state index contributed by atoms with van der Waals surface area (Å²) in [6.07, 6.45) is -2.92. The van der Waals surface area contributed by atoms with Gasteiger partial charge in [-0.25, -0.2) is 4.79 Å². The molecule has 9 nitrogen and oxygen atoms in total. The number of esters is 3. The first-order valence-corrected chi connectivity index (χ1v) is 7.97. The van der Waals surface area contributed by atoms with Gasteiger partial charge in [-0.3, -0.25) is 14.4 Å². The zero-order valence-electron chi connectivity index (χ0n) is 15.2. The molecule has 0 heterocycles. The molecule has 0 aromatic rings. The fraction of sp³-hybridized carbons (Fsp3) is 0.750. The number of carbonyl (C=O) groups excluding carboxylic acids is 4. The summed E-state index contributed by atoms with van der Waals surface area (Å²) in [5.74, 6) is -4.85. The standard InChI is InChI=1S/C16H26O9/c1-6-23-12(19)9-15(22,13(20)24-7-2)16(10(4)17,11(5)18)14(21)25-8-3/h10,17,22H,6-9H2,1-5H3. The molecule has 3 unspecified atom stereocenters. The van der Waals surface area contributed by atoms with Crippen molar-refractivity contribution in [3.05, 3.63) is 0 Å². The number of ether oxygens (including phenoxy) is 3. The third kappa shape index (κ3) is 4.35. The Morgan fingerprint density at radius 2 is 1.36 bits per heavy atom. The van der Waals surface area contributed by atoms with Crippen LogP contribution in [0.1, 0.15) is 41.0 Å². The van der Waals surface area contributed by atoms with Gasteiger partial charge in [-0.15, -0.1) is 0 Å². The van der Waals surface area contributed by atoms with Gasteiger partial charge in [-0.2, -0.15) is 0 Å². The summed E-state index contributed by atoms with van der Waals surface area (Å²) in [4.78, 5) is 49.2. The minimum absolute atomic E-state index is 0.0567. The molecule has 25 heavy (non-hydrogen) atoms. The number of ketones is 1. The average Bonchev–Trinajstić information content (AvgIpc) is 2.47. The lowest BCUT2D eigenvalue weighted by atomic mass is 9.64. The van der Waals surface area contributed by atoms with Gasteiger partial charge in [0.2, 0.25) is 0 Å². The smallest absolute Gasteiger partial charge is 0.340 e. The third-order valence-electron chi connectivity index (χ3n) is 3.75. The van der Waals surface area contributed by atoms with E-state index in [1.165, 1.54) is 20.8 Å². The van der Waals surface area contributed by atoms with E-state index < -0.39 is 47.2 Å². The number of aliphatic hydroxyl groups is 2. The van der Waals surface area contributed by atoms with Crippen molar-refractivity contribution < 1.29 is 43.6 Å². The molecule has 0 aliphatic carbocycles. The maximum absolute atomic E-state index is 12.5. The average molecular weight is 362 g/mol. The van der Waals surface area contributed by atoms with Crippen molar-refractivity contribution in [2.45, 2.75) is 52.7 Å². The van der Waals surface area contributed by atoms with Gasteiger partial charge in [0.05, 0.1) is 32.3 Å². The molecule has 2 N–H and O–H groups in total. The molecule has 0 aromatic heterocycles. The number of rotatable bonds is 10. The van der Waals surface area contributed by atoms with E-state index in [1.54, 1.807) is 0 Å². The molecule has 9 heteroatoms. The van der Waals surface area contributed by atoms with Crippen LogP contribution in [-0.2, 0) is 33.4 Å². The normalized spacial score (nSPS) is 16.8. The second-order valence-electron chi connectivity index (χ2n) is 5.32. The number of carbonyl (C=O) groups is 4. The molecule has 0 aliphatic rings. The van der Waals surface area contributed by atoms with Crippen LogP contribution in [0.3, 0.4) is 0 Å². The number of Topliss-reactive ketones (excluding diaryl/α,β-unsaturated/α-hetero) is 1. The molecule has 0 spiro atoms. The van der Waals surface area contributed by atoms with Crippen LogP contribution in [0.15, 0.2) is 0 Å². The Kier molecular flexibility index (Phi) is 8.72. The molecule has 0 rings (SSSR count). The lowest BCUT2D eigenvalue weighted by Gasteiger charge is -2.42. The van der Waals surface area contributed by atoms with Crippen LogP contribution in [0, 0.1) is 5.41 Å². The summed E-state index contributed by atoms with van der Waals surface area (Å²) < 4.78 is 14.3. The second-order valence-corrected chi connectivity index (χ2v) is 5.32. The summed E-state index contributed by atoms with van der Waals surface area (Å²) in [7, 11) is 0. The molecule has 0 radical (unpaired) electrons. The van der Waals surface area contributed by atoms with Gasteiger partial charge >= 0.3 is 17.9 Å². The van der Waals surface area contributed by atoms with E-state index in [-0.39, 0.29) is 19.8 Å². The van der Waals surface area contributed by atoms with Crippen LogP contribution in [0.4, 0.5) is 0 Å². The van der Waals surface area contributed by atoms with Crippen LogP contribution in [0.25, 0.3) is 0 Å². The topological polar surface area (TPSA) is 136 Å². The Balaban J connectivity index is 6.51. The first-order valence-electron chi connectivity index (χ1n) is 7.97. The molecule has 0 aromatic carbocycles. The van der Waals surface area contributed by atoms with Crippen LogP contribution >= 0.6 is 0 Å². The van der Waals surface area contributed by atoms with Gasteiger partial charge in [-0.05, 0) is 34.6 Å². The molecule has 0 fully saturated rings. The van der Waals surface area contributed by atoms with E-state index in [2.05, 4.69) is 0 Å². The molecule has 144 valence electrons. The Hall–Kier alpha value is -2.00. The molecular weight excluding hydrogens is 336 g/mol. The van der Waals surface area contributed by atoms with Crippen molar-refractivity contribution >= 4 is 23.7 Å². The Morgan fingerprint density at radius 1 is 0.920 bits per heavy atom. The summed E-state index contributed by atoms with van der Waals surface area (Å²) in [5.41, 5.74) is -5.75. The Morgan fingerprint density at radius 3 is 1.72 bits per heavy atom. The van der Waals surface area contributed by atoms with Crippen molar-refractivity contribution in [1.82, 2.24) is 0 Å². The quantitative estimate of drug-likeness (QED) is 0.306. The van der Waals surface area contributed by atoms with Crippen LogP contribution in [0.2, 0.25) is 0 Å². The van der Waals surface area contributed by atoms with Crippen LogP contribution in [-0.4, -0.2) is 65.4 Å². The van der Waals surface area contributed by atoms with E-state index in [1.807, 2.05) is 0 Å². The van der Waals surface area contributed by atoms with Crippen LogP contribution < -0.4 is 0 Å². The first-order chi connectivity index (χ1) is 11.6. The Bertz CT molecular complexity index is 514. The highest BCUT2D eigenvalue weighted by Gasteiger charge is 2.69. The summed E-state index contributed by atoms with van der Waals surface area (Å²) in [5, 5.41) is 21.2. The van der Waals surface area contributed by atoms with Gasteiger partial charge in [0.25, 0.3) is 0 Å². The van der Waals surface area contributed by atoms with E-state index >= 15 is 0 Å². The van der Waals surface area contributed by atoms with Gasteiger partial charge in [-0.1, -0.05) is 0 Å². The fourth-order valence-corrected chi connectivity index (χ4v) is 2.70. The molecule has 0 amide bonds. The predicted molar refractivity (Wildman–Crippen MR) is 84.3 cm³/mol. The summed E-state index contributed by atoms with van der Waals surface area (Å²) in [6.45, 7) is 5.88. The molecular formula is C16H26O9. The highest BCUT2D eigenvalue weighted by atomic mass is 16.6. The SMILES string of the molecule is CCOC(=O)CC(O)(C(=O)OCC)C(C(C)=O)(C(=O)OCC)C(C)O. The molecule has 0 aliphatic heterocycles. The van der Waals surface area contributed by atoms with Gasteiger partial charge in [0.1, 0.15) is 0 Å². The van der Waals surface area contributed by atoms with Crippen molar-refractivity contribution in [1.29, 1.82) is 0 Å².